The van der Waals surface area contributed by atoms with E-state index in [1.54, 1.807) is 27.8 Å². The first-order chi connectivity index (χ1) is 16.1. The molecule has 0 radical (unpaired) electrons. The zero-order chi connectivity index (χ0) is 22.9. The highest BCUT2D eigenvalue weighted by atomic mass is 32.2. The van der Waals surface area contributed by atoms with Crippen molar-refractivity contribution in [3.63, 3.8) is 0 Å². The molecule has 1 unspecified atom stereocenters. The maximum atomic E-state index is 13.7. The van der Waals surface area contributed by atoms with E-state index in [0.29, 0.717) is 11.2 Å². The van der Waals surface area contributed by atoms with Crippen molar-refractivity contribution in [2.24, 2.45) is 7.05 Å². The van der Waals surface area contributed by atoms with Gasteiger partial charge < -0.3 is 5.32 Å². The van der Waals surface area contributed by atoms with E-state index in [1.807, 2.05) is 66.3 Å². The van der Waals surface area contributed by atoms with Gasteiger partial charge in [-0.15, -0.1) is 21.5 Å². The fourth-order valence-corrected chi connectivity index (χ4v) is 5.17. The zero-order valence-corrected chi connectivity index (χ0v) is 20.2. The van der Waals surface area contributed by atoms with Crippen LogP contribution in [-0.2, 0) is 7.05 Å². The van der Waals surface area contributed by atoms with Crippen LogP contribution in [0.4, 0.5) is 0 Å². The summed E-state index contributed by atoms with van der Waals surface area (Å²) in [6, 6.07) is 11.3. The average molecular weight is 478 g/mol. The van der Waals surface area contributed by atoms with Crippen LogP contribution < -0.4 is 5.32 Å². The summed E-state index contributed by atoms with van der Waals surface area (Å²) in [7, 11) is 1.85. The molecule has 33 heavy (non-hydrogen) atoms. The van der Waals surface area contributed by atoms with Gasteiger partial charge in [-0.05, 0) is 55.0 Å². The van der Waals surface area contributed by atoms with Crippen LogP contribution in [0.25, 0.3) is 27.3 Å². The first-order valence-corrected chi connectivity index (χ1v) is 12.8. The highest BCUT2D eigenvalue weighted by Crippen LogP contribution is 2.30. The minimum absolute atomic E-state index is 0.171. The number of amides is 1. The van der Waals surface area contributed by atoms with Gasteiger partial charge in [-0.2, -0.15) is 16.9 Å². The summed E-state index contributed by atoms with van der Waals surface area (Å²) in [5.74, 6) is 1.43. The number of hydrogen-bond donors (Lipinski definition) is 1. The third kappa shape index (κ3) is 4.00. The number of nitrogens with zero attached hydrogens (tertiary/aromatic N) is 6. The van der Waals surface area contributed by atoms with Crippen molar-refractivity contribution in [1.82, 2.24) is 34.7 Å². The maximum Gasteiger partial charge on any atom is 0.252 e. The average Bonchev–Trinajstić information content (AvgIpc) is 3.56. The summed E-state index contributed by atoms with van der Waals surface area (Å²) in [5, 5.41) is 19.2. The van der Waals surface area contributed by atoms with Crippen LogP contribution in [0, 0.1) is 6.92 Å². The number of fused-ring (bicyclic) bond motifs is 2. The molecule has 10 heteroatoms. The standard InChI is InChI=1S/C23H23N7OS2/c1-14-20-15(13-17(18-7-6-11-33-18)24-22(20)29(2)28-14)23(31)25-16(9-12-32-3)21-27-26-19-8-4-5-10-30(19)21/h4-8,10-11,13,16H,9,12H2,1-3H3,(H,25,31). The van der Waals surface area contributed by atoms with Crippen LogP contribution in [0.15, 0.2) is 48.0 Å². The predicted molar refractivity (Wildman–Crippen MR) is 133 cm³/mol. The van der Waals surface area contributed by atoms with Crippen LogP contribution in [0.3, 0.4) is 0 Å². The summed E-state index contributed by atoms with van der Waals surface area (Å²) in [6.45, 7) is 1.91. The van der Waals surface area contributed by atoms with Gasteiger partial charge in [0, 0.05) is 13.2 Å². The second kappa shape index (κ2) is 8.95. The number of carbonyl (C=O) groups excluding carboxylic acids is 1. The molecule has 0 spiro atoms. The minimum Gasteiger partial charge on any atom is -0.342 e. The Kier molecular flexibility index (Phi) is 5.86. The third-order valence-corrected chi connectivity index (χ3v) is 7.09. The second-order valence-electron chi connectivity index (χ2n) is 7.73. The maximum absolute atomic E-state index is 13.7. The van der Waals surface area contributed by atoms with E-state index in [4.69, 9.17) is 4.98 Å². The molecule has 5 heterocycles. The zero-order valence-electron chi connectivity index (χ0n) is 18.5. The number of aromatic nitrogens is 6. The van der Waals surface area contributed by atoms with E-state index in [2.05, 4.69) is 26.9 Å². The van der Waals surface area contributed by atoms with Gasteiger partial charge in [-0.3, -0.25) is 13.9 Å². The Morgan fingerprint density at radius 2 is 2.12 bits per heavy atom. The second-order valence-corrected chi connectivity index (χ2v) is 9.67. The lowest BCUT2D eigenvalue weighted by molar-refractivity contribution is 0.0935. The topological polar surface area (TPSA) is 90.0 Å². The van der Waals surface area contributed by atoms with Gasteiger partial charge in [0.1, 0.15) is 0 Å². The summed E-state index contributed by atoms with van der Waals surface area (Å²) >= 11 is 3.33. The van der Waals surface area contributed by atoms with Gasteiger partial charge in [0.2, 0.25) is 0 Å². The van der Waals surface area contributed by atoms with Crippen molar-refractivity contribution < 1.29 is 4.79 Å². The number of hydrogen-bond acceptors (Lipinski definition) is 7. The Morgan fingerprint density at radius 3 is 2.91 bits per heavy atom. The summed E-state index contributed by atoms with van der Waals surface area (Å²) < 4.78 is 3.66. The van der Waals surface area contributed by atoms with E-state index in [1.165, 1.54) is 0 Å². The van der Waals surface area contributed by atoms with Crippen LogP contribution in [0.5, 0.6) is 0 Å². The first-order valence-electron chi connectivity index (χ1n) is 10.5. The van der Waals surface area contributed by atoms with Crippen LogP contribution in [0.1, 0.15) is 34.3 Å². The third-order valence-electron chi connectivity index (χ3n) is 5.55. The molecule has 0 aliphatic carbocycles. The Bertz CT molecular complexity index is 1440. The summed E-state index contributed by atoms with van der Waals surface area (Å²) in [6.07, 6.45) is 4.72. The quantitative estimate of drug-likeness (QED) is 0.376. The Hall–Kier alpha value is -3.24. The molecule has 168 valence electrons. The van der Waals surface area contributed by atoms with E-state index >= 15 is 0 Å². The molecule has 0 aliphatic rings. The van der Waals surface area contributed by atoms with Crippen molar-refractivity contribution in [3.8, 4) is 10.6 Å². The number of nitrogens with one attached hydrogen (secondary N) is 1. The molecule has 5 rings (SSSR count). The van der Waals surface area contributed by atoms with Crippen LogP contribution >= 0.6 is 23.1 Å². The molecule has 0 aromatic carbocycles. The fourth-order valence-electron chi connectivity index (χ4n) is 4.01. The fraction of sp³-hybridized carbons (Fsp3) is 0.261. The molecule has 0 aliphatic heterocycles. The number of pyridine rings is 2. The monoisotopic (exact) mass is 477 g/mol. The van der Waals surface area contributed by atoms with Crippen molar-refractivity contribution in [3.05, 3.63) is 65.1 Å². The summed E-state index contributed by atoms with van der Waals surface area (Å²) in [4.78, 5) is 19.5. The number of thiophene rings is 1. The Labute approximate surface area is 199 Å². The van der Waals surface area contributed by atoms with Crippen LogP contribution in [-0.4, -0.2) is 47.3 Å². The van der Waals surface area contributed by atoms with Gasteiger partial charge >= 0.3 is 0 Å². The molecular weight excluding hydrogens is 454 g/mol. The van der Waals surface area contributed by atoms with Crippen molar-refractivity contribution in [2.75, 3.05) is 12.0 Å². The lowest BCUT2D eigenvalue weighted by atomic mass is 10.1. The smallest absolute Gasteiger partial charge is 0.252 e. The minimum atomic E-state index is -0.285. The normalized spacial score (nSPS) is 12.5. The molecule has 0 bridgehead atoms. The Morgan fingerprint density at radius 1 is 1.24 bits per heavy atom. The largest absolute Gasteiger partial charge is 0.342 e. The molecule has 1 N–H and O–H groups in total. The van der Waals surface area contributed by atoms with Crippen molar-refractivity contribution >= 4 is 45.7 Å². The number of carbonyl (C=O) groups is 1. The van der Waals surface area contributed by atoms with Gasteiger partial charge in [-0.1, -0.05) is 12.1 Å². The molecule has 1 amide bonds. The van der Waals surface area contributed by atoms with E-state index in [-0.39, 0.29) is 11.9 Å². The van der Waals surface area contributed by atoms with Crippen LogP contribution in [0.2, 0.25) is 0 Å². The number of aryl methyl sites for hydroxylation is 2. The molecule has 0 fully saturated rings. The van der Waals surface area contributed by atoms with E-state index < -0.39 is 0 Å². The van der Waals surface area contributed by atoms with Gasteiger partial charge in [0.05, 0.1) is 33.3 Å². The Balaban J connectivity index is 1.58. The number of thioether (sulfide) groups is 1. The summed E-state index contributed by atoms with van der Waals surface area (Å²) in [5.41, 5.74) is 3.55. The molecule has 0 saturated heterocycles. The molecule has 1 atom stereocenters. The van der Waals surface area contributed by atoms with Gasteiger partial charge in [0.15, 0.2) is 17.1 Å². The molecule has 5 aromatic rings. The molecule has 0 saturated carbocycles. The van der Waals surface area contributed by atoms with Crippen molar-refractivity contribution in [2.45, 2.75) is 19.4 Å². The SMILES string of the molecule is CSCCC(NC(=O)c1cc(-c2cccs2)nc2c1c(C)nn2C)c1nnc2ccccn12. The highest BCUT2D eigenvalue weighted by Gasteiger charge is 2.24. The van der Waals surface area contributed by atoms with Gasteiger partial charge in [0.25, 0.3) is 5.91 Å². The lowest BCUT2D eigenvalue weighted by Crippen LogP contribution is -2.30. The molecular formula is C23H23N7OS2. The number of rotatable bonds is 7. The molecule has 8 nitrogen and oxygen atoms in total. The van der Waals surface area contributed by atoms with Gasteiger partial charge in [-0.25, -0.2) is 4.98 Å². The highest BCUT2D eigenvalue weighted by molar-refractivity contribution is 7.98. The van der Waals surface area contributed by atoms with Crippen molar-refractivity contribution in [1.29, 1.82) is 0 Å². The lowest BCUT2D eigenvalue weighted by Gasteiger charge is -2.18. The van der Waals surface area contributed by atoms with E-state index in [9.17, 15) is 4.79 Å². The first kappa shape index (κ1) is 21.6. The van der Waals surface area contributed by atoms with E-state index in [0.717, 1.165) is 45.3 Å². The predicted octanol–water partition coefficient (Wildman–Crippen LogP) is 4.27. The molecule has 5 aromatic heterocycles.